The van der Waals surface area contributed by atoms with Gasteiger partial charge in [-0.3, -0.25) is 0 Å². The Labute approximate surface area is 130 Å². The average Bonchev–Trinajstić information content (AvgIpc) is 2.54. The molecule has 116 valence electrons. The molecule has 0 aliphatic carbocycles. The number of carbonyl (C=O) groups is 1. The first-order valence-corrected chi connectivity index (χ1v) is 8.16. The van der Waals surface area contributed by atoms with E-state index >= 15 is 0 Å². The number of nitrogens with one attached hydrogen (secondary N) is 1. The van der Waals surface area contributed by atoms with Crippen LogP contribution in [0.4, 0.5) is 4.79 Å². The molecule has 1 unspecified atom stereocenters. The second kappa shape index (κ2) is 7.45. The van der Waals surface area contributed by atoms with Crippen molar-refractivity contribution in [2.45, 2.75) is 13.0 Å². The molecule has 1 saturated heterocycles. The fourth-order valence-electron chi connectivity index (χ4n) is 2.25. The normalized spacial score (nSPS) is 16.2. The van der Waals surface area contributed by atoms with E-state index in [-0.39, 0.29) is 12.1 Å². The Kier molecular flexibility index (Phi) is 5.61. The Morgan fingerprint density at radius 1 is 1.24 bits per heavy atom. The first kappa shape index (κ1) is 15.8. The van der Waals surface area contributed by atoms with Gasteiger partial charge in [-0.2, -0.15) is 11.8 Å². The van der Waals surface area contributed by atoms with Crippen molar-refractivity contribution in [1.82, 2.24) is 10.2 Å². The minimum atomic E-state index is -0.0770. The zero-order chi connectivity index (χ0) is 15.2. The predicted molar refractivity (Wildman–Crippen MR) is 85.4 cm³/mol. The summed E-state index contributed by atoms with van der Waals surface area (Å²) >= 11 is 1.89. The molecule has 2 rings (SSSR count). The van der Waals surface area contributed by atoms with Gasteiger partial charge in [0.1, 0.15) is 0 Å². The molecule has 1 N–H and O–H groups in total. The van der Waals surface area contributed by atoms with Crippen LogP contribution in [0.1, 0.15) is 18.5 Å². The monoisotopic (exact) mass is 310 g/mol. The van der Waals surface area contributed by atoms with E-state index in [1.165, 1.54) is 0 Å². The molecule has 1 aromatic carbocycles. The van der Waals surface area contributed by atoms with Gasteiger partial charge in [0.25, 0.3) is 0 Å². The first-order valence-electron chi connectivity index (χ1n) is 7.01. The van der Waals surface area contributed by atoms with Crippen molar-refractivity contribution in [2.75, 3.05) is 38.8 Å². The minimum absolute atomic E-state index is 0.00224. The number of nitrogens with zero attached hydrogens (tertiary/aromatic N) is 1. The van der Waals surface area contributed by atoms with Gasteiger partial charge < -0.3 is 19.7 Å². The molecule has 1 aromatic rings. The molecule has 5 nitrogen and oxygen atoms in total. The molecule has 1 aliphatic rings. The number of ether oxygens (including phenoxy) is 2. The van der Waals surface area contributed by atoms with Crippen molar-refractivity contribution >= 4 is 17.8 Å². The van der Waals surface area contributed by atoms with Crippen molar-refractivity contribution in [3.05, 3.63) is 23.8 Å². The van der Waals surface area contributed by atoms with Crippen LogP contribution in [0.25, 0.3) is 0 Å². The van der Waals surface area contributed by atoms with Crippen LogP contribution >= 0.6 is 11.8 Å². The summed E-state index contributed by atoms with van der Waals surface area (Å²) in [6, 6.07) is 5.62. The number of thioether (sulfide) groups is 1. The zero-order valence-corrected chi connectivity index (χ0v) is 13.5. The standard InChI is InChI=1S/C15H22N2O3S/c1-11(16-15(18)17-6-8-21-9-7-17)12-4-5-13(19-2)14(10-12)20-3/h4-5,10-11H,6-9H2,1-3H3,(H,16,18). The van der Waals surface area contributed by atoms with E-state index in [0.717, 1.165) is 30.2 Å². The zero-order valence-electron chi connectivity index (χ0n) is 12.7. The molecule has 1 aliphatic heterocycles. The van der Waals surface area contributed by atoms with Gasteiger partial charge in [-0.1, -0.05) is 6.07 Å². The lowest BCUT2D eigenvalue weighted by Crippen LogP contribution is -2.45. The summed E-state index contributed by atoms with van der Waals surface area (Å²) in [5, 5.41) is 3.04. The lowest BCUT2D eigenvalue weighted by atomic mass is 10.1. The lowest BCUT2D eigenvalue weighted by Gasteiger charge is -2.28. The summed E-state index contributed by atoms with van der Waals surface area (Å²) in [4.78, 5) is 14.1. The third kappa shape index (κ3) is 3.97. The van der Waals surface area contributed by atoms with Gasteiger partial charge >= 0.3 is 6.03 Å². The van der Waals surface area contributed by atoms with Crippen molar-refractivity contribution in [3.63, 3.8) is 0 Å². The predicted octanol–water partition coefficient (Wildman–Crippen LogP) is 2.52. The average molecular weight is 310 g/mol. The molecule has 6 heteroatoms. The molecule has 1 atom stereocenters. The second-order valence-electron chi connectivity index (χ2n) is 4.89. The Bertz CT molecular complexity index is 490. The van der Waals surface area contributed by atoms with E-state index in [9.17, 15) is 4.79 Å². The van der Waals surface area contributed by atoms with E-state index in [2.05, 4.69) is 5.32 Å². The molecule has 0 bridgehead atoms. The molecule has 2 amide bonds. The van der Waals surface area contributed by atoms with Gasteiger partial charge in [0.15, 0.2) is 11.5 Å². The summed E-state index contributed by atoms with van der Waals surface area (Å²) < 4.78 is 10.5. The van der Waals surface area contributed by atoms with E-state index in [0.29, 0.717) is 11.5 Å². The number of carbonyl (C=O) groups excluding carboxylic acids is 1. The summed E-state index contributed by atoms with van der Waals surface area (Å²) in [5.41, 5.74) is 0.993. The molecule has 0 radical (unpaired) electrons. The smallest absolute Gasteiger partial charge is 0.317 e. The highest BCUT2D eigenvalue weighted by Gasteiger charge is 2.19. The Morgan fingerprint density at radius 2 is 1.90 bits per heavy atom. The van der Waals surface area contributed by atoms with Gasteiger partial charge in [0.2, 0.25) is 0 Å². The van der Waals surface area contributed by atoms with Crippen LogP contribution in [0.3, 0.4) is 0 Å². The second-order valence-corrected chi connectivity index (χ2v) is 6.11. The van der Waals surface area contributed by atoms with Gasteiger partial charge in [-0.15, -0.1) is 0 Å². The Balaban J connectivity index is 2.02. The molecule has 1 fully saturated rings. The van der Waals surface area contributed by atoms with Crippen LogP contribution in [-0.4, -0.2) is 49.7 Å². The van der Waals surface area contributed by atoms with E-state index in [1.54, 1.807) is 14.2 Å². The van der Waals surface area contributed by atoms with Crippen LogP contribution in [0.2, 0.25) is 0 Å². The SMILES string of the molecule is COc1ccc(C(C)NC(=O)N2CCSCC2)cc1OC. The topological polar surface area (TPSA) is 50.8 Å². The molecular formula is C15H22N2O3S. The molecule has 0 spiro atoms. The molecular weight excluding hydrogens is 288 g/mol. The van der Waals surface area contributed by atoms with Crippen molar-refractivity contribution in [1.29, 1.82) is 0 Å². The van der Waals surface area contributed by atoms with Crippen molar-refractivity contribution in [2.24, 2.45) is 0 Å². The van der Waals surface area contributed by atoms with Gasteiger partial charge in [0.05, 0.1) is 20.3 Å². The van der Waals surface area contributed by atoms with E-state index < -0.39 is 0 Å². The third-order valence-corrected chi connectivity index (χ3v) is 4.49. The highest BCUT2D eigenvalue weighted by molar-refractivity contribution is 7.99. The minimum Gasteiger partial charge on any atom is -0.493 e. The highest BCUT2D eigenvalue weighted by Crippen LogP contribution is 2.29. The van der Waals surface area contributed by atoms with Crippen molar-refractivity contribution < 1.29 is 14.3 Å². The summed E-state index contributed by atoms with van der Waals surface area (Å²) in [6.45, 7) is 3.60. The first-order chi connectivity index (χ1) is 10.2. The van der Waals surface area contributed by atoms with Crippen LogP contribution < -0.4 is 14.8 Å². The van der Waals surface area contributed by atoms with Crippen LogP contribution in [0, 0.1) is 0 Å². The van der Waals surface area contributed by atoms with Gasteiger partial charge in [-0.25, -0.2) is 4.79 Å². The van der Waals surface area contributed by atoms with E-state index in [4.69, 9.17) is 9.47 Å². The third-order valence-electron chi connectivity index (χ3n) is 3.55. The number of hydrogen-bond donors (Lipinski definition) is 1. The number of methoxy groups -OCH3 is 2. The van der Waals surface area contributed by atoms with Crippen LogP contribution in [0.15, 0.2) is 18.2 Å². The van der Waals surface area contributed by atoms with Crippen molar-refractivity contribution in [3.8, 4) is 11.5 Å². The summed E-state index contributed by atoms with van der Waals surface area (Å²) in [5.74, 6) is 3.38. The van der Waals surface area contributed by atoms with Crippen LogP contribution in [0.5, 0.6) is 11.5 Å². The maximum Gasteiger partial charge on any atom is 0.317 e. The summed E-state index contributed by atoms with van der Waals surface area (Å²) in [6.07, 6.45) is 0. The maximum absolute atomic E-state index is 12.2. The quantitative estimate of drug-likeness (QED) is 0.928. The molecule has 0 saturated carbocycles. The number of hydrogen-bond acceptors (Lipinski definition) is 4. The van der Waals surface area contributed by atoms with Gasteiger partial charge in [-0.05, 0) is 24.6 Å². The van der Waals surface area contributed by atoms with Gasteiger partial charge in [0, 0.05) is 24.6 Å². The number of urea groups is 1. The number of amides is 2. The lowest BCUT2D eigenvalue weighted by molar-refractivity contribution is 0.199. The van der Waals surface area contributed by atoms with Crippen LogP contribution in [-0.2, 0) is 0 Å². The fraction of sp³-hybridized carbons (Fsp3) is 0.533. The maximum atomic E-state index is 12.2. The molecule has 0 aromatic heterocycles. The Hall–Kier alpha value is -1.56. The Morgan fingerprint density at radius 3 is 2.52 bits per heavy atom. The number of rotatable bonds is 4. The highest BCUT2D eigenvalue weighted by atomic mass is 32.2. The summed E-state index contributed by atoms with van der Waals surface area (Å²) in [7, 11) is 3.22. The van der Waals surface area contributed by atoms with E-state index in [1.807, 2.05) is 41.8 Å². The fourth-order valence-corrected chi connectivity index (χ4v) is 3.15. The molecule has 1 heterocycles. The molecule has 21 heavy (non-hydrogen) atoms. The largest absolute Gasteiger partial charge is 0.493 e. The number of benzene rings is 1.